The van der Waals surface area contributed by atoms with Gasteiger partial charge in [-0.25, -0.2) is 13.2 Å². The summed E-state index contributed by atoms with van der Waals surface area (Å²) in [5.74, 6) is 0. The summed E-state index contributed by atoms with van der Waals surface area (Å²) in [6.07, 6.45) is -0.275. The number of benzene rings is 2. The van der Waals surface area contributed by atoms with Gasteiger partial charge >= 0.3 is 6.09 Å². The molecule has 8 heteroatoms. The number of nitrogens with zero attached hydrogens (tertiary/aromatic N) is 2. The Hall–Kier alpha value is -2.74. The molecule has 0 atom stereocenters. The average molecular weight is 389 g/mol. The van der Waals surface area contributed by atoms with Crippen LogP contribution in [0.5, 0.6) is 0 Å². The summed E-state index contributed by atoms with van der Waals surface area (Å²) in [6, 6.07) is 15.5. The van der Waals surface area contributed by atoms with Crippen LogP contribution in [-0.2, 0) is 14.8 Å². The Kier molecular flexibility index (Phi) is 5.85. The number of amides is 1. The van der Waals surface area contributed by atoms with E-state index in [1.165, 1.54) is 0 Å². The fraction of sp³-hybridized carbons (Fsp3) is 0.316. The maximum absolute atomic E-state index is 12.4. The van der Waals surface area contributed by atoms with E-state index in [9.17, 15) is 13.2 Å². The van der Waals surface area contributed by atoms with E-state index in [2.05, 4.69) is 9.62 Å². The molecule has 27 heavy (non-hydrogen) atoms. The van der Waals surface area contributed by atoms with E-state index in [1.807, 2.05) is 12.1 Å². The zero-order valence-electron chi connectivity index (χ0n) is 15.2. The molecular formula is C19H23N3O4S. The lowest BCUT2D eigenvalue weighted by atomic mass is 10.2. The van der Waals surface area contributed by atoms with Crippen LogP contribution in [0.3, 0.4) is 0 Å². The second-order valence-corrected chi connectivity index (χ2v) is 7.82. The van der Waals surface area contributed by atoms with Gasteiger partial charge in [0.2, 0.25) is 0 Å². The molecule has 1 fully saturated rings. The number of hydrogen-bond acceptors (Lipinski definition) is 5. The standard InChI is InChI=1S/C19H23N3O4S/c1-2-26-19(23)22-14-12-21(13-15-22)17-10-8-16(9-11-17)20-27(24,25)18-6-4-3-5-7-18/h3-11,20H,2,12-15H2,1H3. The molecule has 1 N–H and O–H groups in total. The number of piperazine rings is 1. The number of nitrogens with one attached hydrogen (secondary N) is 1. The molecule has 1 aliphatic heterocycles. The molecule has 1 saturated heterocycles. The molecule has 2 aromatic rings. The first-order chi connectivity index (χ1) is 13.0. The van der Waals surface area contributed by atoms with Crippen LogP contribution in [0.4, 0.5) is 16.2 Å². The Morgan fingerprint density at radius 1 is 1.00 bits per heavy atom. The van der Waals surface area contributed by atoms with Crippen molar-refractivity contribution >= 4 is 27.5 Å². The van der Waals surface area contributed by atoms with Gasteiger partial charge in [-0.1, -0.05) is 18.2 Å². The maximum Gasteiger partial charge on any atom is 0.409 e. The van der Waals surface area contributed by atoms with Crippen LogP contribution in [0.25, 0.3) is 0 Å². The highest BCUT2D eigenvalue weighted by Gasteiger charge is 2.22. The van der Waals surface area contributed by atoms with Crippen LogP contribution >= 0.6 is 0 Å². The largest absolute Gasteiger partial charge is 0.450 e. The van der Waals surface area contributed by atoms with Crippen LogP contribution in [0.2, 0.25) is 0 Å². The molecule has 0 aromatic heterocycles. The summed E-state index contributed by atoms with van der Waals surface area (Å²) >= 11 is 0. The Morgan fingerprint density at radius 2 is 1.63 bits per heavy atom. The predicted octanol–water partition coefficient (Wildman–Crippen LogP) is 2.77. The van der Waals surface area contributed by atoms with Crippen molar-refractivity contribution in [2.24, 2.45) is 0 Å². The van der Waals surface area contributed by atoms with Gasteiger partial charge in [-0.15, -0.1) is 0 Å². The molecule has 0 aliphatic carbocycles. The number of rotatable bonds is 5. The van der Waals surface area contributed by atoms with E-state index in [4.69, 9.17) is 4.74 Å². The van der Waals surface area contributed by atoms with Gasteiger partial charge in [-0.2, -0.15) is 0 Å². The number of hydrogen-bond donors (Lipinski definition) is 1. The van der Waals surface area contributed by atoms with E-state index in [1.54, 1.807) is 54.3 Å². The quantitative estimate of drug-likeness (QED) is 0.851. The number of carbonyl (C=O) groups excluding carboxylic acids is 1. The third-order valence-electron chi connectivity index (χ3n) is 4.34. The molecule has 3 rings (SSSR count). The van der Waals surface area contributed by atoms with Crippen molar-refractivity contribution in [1.82, 2.24) is 4.90 Å². The molecule has 1 amide bonds. The highest BCUT2D eigenvalue weighted by atomic mass is 32.2. The van der Waals surface area contributed by atoms with Crippen LogP contribution in [0.15, 0.2) is 59.5 Å². The van der Waals surface area contributed by atoms with Gasteiger partial charge in [-0.3, -0.25) is 4.72 Å². The molecule has 0 spiro atoms. The summed E-state index contributed by atoms with van der Waals surface area (Å²) in [6.45, 7) is 4.77. The lowest BCUT2D eigenvalue weighted by molar-refractivity contribution is 0.105. The summed E-state index contributed by atoms with van der Waals surface area (Å²) < 4.78 is 32.4. The first kappa shape index (κ1) is 19.0. The predicted molar refractivity (Wildman–Crippen MR) is 105 cm³/mol. The maximum atomic E-state index is 12.4. The van der Waals surface area contributed by atoms with E-state index >= 15 is 0 Å². The number of ether oxygens (including phenoxy) is 1. The molecule has 1 aliphatic rings. The molecule has 0 unspecified atom stereocenters. The zero-order valence-corrected chi connectivity index (χ0v) is 16.0. The van der Waals surface area contributed by atoms with Gasteiger partial charge in [-0.05, 0) is 43.3 Å². The minimum Gasteiger partial charge on any atom is -0.450 e. The van der Waals surface area contributed by atoms with Crippen molar-refractivity contribution in [2.75, 3.05) is 42.4 Å². The van der Waals surface area contributed by atoms with Crippen molar-refractivity contribution < 1.29 is 17.9 Å². The van der Waals surface area contributed by atoms with Gasteiger partial charge in [0.15, 0.2) is 0 Å². The minimum atomic E-state index is -3.60. The average Bonchev–Trinajstić information content (AvgIpc) is 2.69. The fourth-order valence-electron chi connectivity index (χ4n) is 2.92. The topological polar surface area (TPSA) is 79.0 Å². The van der Waals surface area contributed by atoms with E-state index < -0.39 is 10.0 Å². The van der Waals surface area contributed by atoms with Crippen LogP contribution in [-0.4, -0.2) is 52.2 Å². The Labute approximate surface area is 159 Å². The Balaban J connectivity index is 1.61. The zero-order chi connectivity index (χ0) is 19.3. The SMILES string of the molecule is CCOC(=O)N1CCN(c2ccc(NS(=O)(=O)c3ccccc3)cc2)CC1. The fourth-order valence-corrected chi connectivity index (χ4v) is 4.00. The van der Waals surface area contributed by atoms with Gasteiger partial charge in [0.25, 0.3) is 10.0 Å². The van der Waals surface area contributed by atoms with Crippen molar-refractivity contribution in [3.05, 3.63) is 54.6 Å². The molecule has 7 nitrogen and oxygen atoms in total. The number of sulfonamides is 1. The monoisotopic (exact) mass is 389 g/mol. The summed E-state index contributed by atoms with van der Waals surface area (Å²) in [5, 5.41) is 0. The molecular weight excluding hydrogens is 366 g/mol. The van der Waals surface area contributed by atoms with Crippen LogP contribution in [0.1, 0.15) is 6.92 Å². The van der Waals surface area contributed by atoms with E-state index in [0.29, 0.717) is 38.5 Å². The van der Waals surface area contributed by atoms with Gasteiger partial charge < -0.3 is 14.5 Å². The normalized spacial score (nSPS) is 14.7. The smallest absolute Gasteiger partial charge is 0.409 e. The molecule has 0 bridgehead atoms. The minimum absolute atomic E-state index is 0.226. The van der Waals surface area contributed by atoms with Gasteiger partial charge in [0.1, 0.15) is 0 Å². The van der Waals surface area contributed by atoms with Gasteiger partial charge in [0, 0.05) is 37.6 Å². The second-order valence-electron chi connectivity index (χ2n) is 6.14. The van der Waals surface area contributed by atoms with Crippen LogP contribution in [0, 0.1) is 0 Å². The van der Waals surface area contributed by atoms with Crippen molar-refractivity contribution in [3.8, 4) is 0 Å². The summed E-state index contributed by atoms with van der Waals surface area (Å²) in [7, 11) is -3.60. The van der Waals surface area contributed by atoms with Crippen molar-refractivity contribution in [3.63, 3.8) is 0 Å². The third-order valence-corrected chi connectivity index (χ3v) is 5.74. The molecule has 0 saturated carbocycles. The highest BCUT2D eigenvalue weighted by molar-refractivity contribution is 7.92. The van der Waals surface area contributed by atoms with Crippen molar-refractivity contribution in [2.45, 2.75) is 11.8 Å². The molecule has 0 radical (unpaired) electrons. The first-order valence-corrected chi connectivity index (χ1v) is 10.3. The Morgan fingerprint density at radius 3 is 2.22 bits per heavy atom. The molecule has 2 aromatic carbocycles. The first-order valence-electron chi connectivity index (χ1n) is 8.84. The van der Waals surface area contributed by atoms with E-state index in [-0.39, 0.29) is 11.0 Å². The van der Waals surface area contributed by atoms with Gasteiger partial charge in [0.05, 0.1) is 11.5 Å². The number of anilines is 2. The number of carbonyl (C=O) groups is 1. The third kappa shape index (κ3) is 4.71. The Bertz CT molecular complexity index is 862. The van der Waals surface area contributed by atoms with Crippen LogP contribution < -0.4 is 9.62 Å². The lowest BCUT2D eigenvalue weighted by Crippen LogP contribution is -2.49. The highest BCUT2D eigenvalue weighted by Crippen LogP contribution is 2.22. The summed E-state index contributed by atoms with van der Waals surface area (Å²) in [4.78, 5) is 15.8. The molecule has 1 heterocycles. The lowest BCUT2D eigenvalue weighted by Gasteiger charge is -2.35. The summed E-state index contributed by atoms with van der Waals surface area (Å²) in [5.41, 5.74) is 1.49. The van der Waals surface area contributed by atoms with E-state index in [0.717, 1.165) is 5.69 Å². The second kappa shape index (κ2) is 8.30. The molecule has 144 valence electrons. The van der Waals surface area contributed by atoms with Crippen molar-refractivity contribution in [1.29, 1.82) is 0 Å².